The Morgan fingerprint density at radius 1 is 0.826 bits per heavy atom. The number of benzene rings is 2. The summed E-state index contributed by atoms with van der Waals surface area (Å²) >= 11 is 0. The van der Waals surface area contributed by atoms with Crippen molar-refractivity contribution in [1.82, 2.24) is 0 Å². The van der Waals surface area contributed by atoms with Gasteiger partial charge in [0.15, 0.2) is 0 Å². The van der Waals surface area contributed by atoms with Crippen molar-refractivity contribution in [2.75, 3.05) is 0 Å². The average Bonchev–Trinajstić information content (AvgIpc) is 2.62. The van der Waals surface area contributed by atoms with Gasteiger partial charge in [-0.3, -0.25) is 4.99 Å². The van der Waals surface area contributed by atoms with Crippen LogP contribution < -0.4 is 0 Å². The predicted molar refractivity (Wildman–Crippen MR) is 90.2 cm³/mol. The number of rotatable bonds is 4. The molecule has 1 nitrogen and oxygen atoms in total. The Balaban J connectivity index is 2.02. The van der Waals surface area contributed by atoms with Crippen LogP contribution in [0.4, 0.5) is 8.78 Å². The van der Waals surface area contributed by atoms with Crippen LogP contribution in [0.15, 0.2) is 65.7 Å². The normalized spacial score (nSPS) is 17.2. The Labute approximate surface area is 136 Å². The van der Waals surface area contributed by atoms with Gasteiger partial charge in [-0.2, -0.15) is 8.78 Å². The van der Waals surface area contributed by atoms with Crippen LogP contribution in [0, 0.1) is 0 Å². The molecule has 2 aromatic carbocycles. The lowest BCUT2D eigenvalue weighted by atomic mass is 9.93. The van der Waals surface area contributed by atoms with E-state index in [2.05, 4.69) is 4.99 Å². The van der Waals surface area contributed by atoms with Gasteiger partial charge in [0.05, 0.1) is 6.04 Å². The summed E-state index contributed by atoms with van der Waals surface area (Å²) < 4.78 is 30.3. The maximum absolute atomic E-state index is 15.1. The van der Waals surface area contributed by atoms with E-state index in [4.69, 9.17) is 0 Å². The maximum atomic E-state index is 15.1. The molecule has 0 bridgehead atoms. The first-order valence-corrected chi connectivity index (χ1v) is 8.25. The number of halogens is 2. The van der Waals surface area contributed by atoms with Gasteiger partial charge in [-0.05, 0) is 12.8 Å². The Hall–Kier alpha value is -2.03. The average molecular weight is 313 g/mol. The molecule has 3 heteroatoms. The molecule has 0 spiro atoms. The molecule has 0 amide bonds. The summed E-state index contributed by atoms with van der Waals surface area (Å²) in [7, 11) is 0. The van der Waals surface area contributed by atoms with E-state index in [0.717, 1.165) is 25.7 Å². The van der Waals surface area contributed by atoms with E-state index in [0.29, 0.717) is 5.56 Å². The number of alkyl halides is 2. The third kappa shape index (κ3) is 3.66. The number of hydrogen-bond acceptors (Lipinski definition) is 1. The van der Waals surface area contributed by atoms with Crippen molar-refractivity contribution in [3.05, 3.63) is 71.8 Å². The second-order valence-corrected chi connectivity index (χ2v) is 6.08. The van der Waals surface area contributed by atoms with Crippen LogP contribution in [0.25, 0.3) is 0 Å². The van der Waals surface area contributed by atoms with E-state index in [1.165, 1.54) is 18.6 Å². The molecule has 0 radical (unpaired) electrons. The fourth-order valence-electron chi connectivity index (χ4n) is 3.11. The van der Waals surface area contributed by atoms with Crippen molar-refractivity contribution in [3.63, 3.8) is 0 Å². The molecule has 1 aliphatic rings. The molecule has 1 aliphatic carbocycles. The van der Waals surface area contributed by atoms with Crippen LogP contribution in [0.5, 0.6) is 0 Å². The number of hydrogen-bond donors (Lipinski definition) is 0. The minimum absolute atomic E-state index is 0.00147. The van der Waals surface area contributed by atoms with Crippen molar-refractivity contribution >= 4 is 5.71 Å². The molecular weight excluding hydrogens is 292 g/mol. The van der Waals surface area contributed by atoms with Crippen LogP contribution in [-0.4, -0.2) is 11.8 Å². The summed E-state index contributed by atoms with van der Waals surface area (Å²) in [5.41, 5.74) is 0.404. The standard InChI is InChI=1S/C20H21F2N/c21-20(22,17-12-6-2-7-13-17)19(16-10-4-1-5-11-16)23-18-14-8-3-9-15-18/h1-2,4-7,10-13,18H,3,8-9,14-15H2. The maximum Gasteiger partial charge on any atom is 0.315 e. The van der Waals surface area contributed by atoms with Gasteiger partial charge in [0.25, 0.3) is 0 Å². The molecule has 3 rings (SSSR count). The summed E-state index contributed by atoms with van der Waals surface area (Å²) in [5.74, 6) is -3.08. The van der Waals surface area contributed by atoms with Gasteiger partial charge in [-0.1, -0.05) is 79.9 Å². The van der Waals surface area contributed by atoms with Crippen molar-refractivity contribution in [2.45, 2.75) is 44.1 Å². The highest BCUT2D eigenvalue weighted by Gasteiger charge is 2.39. The molecule has 1 fully saturated rings. The Morgan fingerprint density at radius 3 is 2.00 bits per heavy atom. The molecule has 0 aliphatic heterocycles. The van der Waals surface area contributed by atoms with E-state index in [1.807, 2.05) is 6.07 Å². The quantitative estimate of drug-likeness (QED) is 0.651. The molecular formula is C20H21F2N. The molecule has 0 aromatic heterocycles. The summed E-state index contributed by atoms with van der Waals surface area (Å²) in [5, 5.41) is 0. The van der Waals surface area contributed by atoms with E-state index >= 15 is 8.78 Å². The van der Waals surface area contributed by atoms with Crippen LogP contribution in [-0.2, 0) is 5.92 Å². The molecule has 0 unspecified atom stereocenters. The van der Waals surface area contributed by atoms with Crippen molar-refractivity contribution in [3.8, 4) is 0 Å². The smallest absolute Gasteiger partial charge is 0.279 e. The van der Waals surface area contributed by atoms with Crippen molar-refractivity contribution < 1.29 is 8.78 Å². The Kier molecular flexibility index (Phi) is 4.85. The Morgan fingerprint density at radius 2 is 1.39 bits per heavy atom. The highest BCUT2D eigenvalue weighted by Crippen LogP contribution is 2.34. The lowest BCUT2D eigenvalue weighted by molar-refractivity contribution is 0.0758. The van der Waals surface area contributed by atoms with Gasteiger partial charge in [-0.25, -0.2) is 0 Å². The zero-order valence-corrected chi connectivity index (χ0v) is 13.1. The first-order valence-electron chi connectivity index (χ1n) is 8.25. The van der Waals surface area contributed by atoms with Crippen LogP contribution in [0.3, 0.4) is 0 Å². The van der Waals surface area contributed by atoms with Crippen LogP contribution in [0.2, 0.25) is 0 Å². The minimum Gasteiger partial charge on any atom is -0.279 e. The van der Waals surface area contributed by atoms with E-state index in [1.54, 1.807) is 42.5 Å². The molecule has 0 heterocycles. The predicted octanol–water partition coefficient (Wildman–Crippen LogP) is 5.60. The first kappa shape index (κ1) is 15.9. The van der Waals surface area contributed by atoms with E-state index in [-0.39, 0.29) is 17.3 Å². The van der Waals surface area contributed by atoms with Gasteiger partial charge < -0.3 is 0 Å². The molecule has 23 heavy (non-hydrogen) atoms. The van der Waals surface area contributed by atoms with Crippen molar-refractivity contribution in [1.29, 1.82) is 0 Å². The van der Waals surface area contributed by atoms with Gasteiger partial charge >= 0.3 is 5.92 Å². The molecule has 120 valence electrons. The zero-order valence-electron chi connectivity index (χ0n) is 13.1. The van der Waals surface area contributed by atoms with Gasteiger partial charge in [-0.15, -0.1) is 0 Å². The monoisotopic (exact) mass is 313 g/mol. The van der Waals surface area contributed by atoms with Crippen molar-refractivity contribution in [2.24, 2.45) is 4.99 Å². The fraction of sp³-hybridized carbons (Fsp3) is 0.350. The lowest BCUT2D eigenvalue weighted by Crippen LogP contribution is -2.29. The van der Waals surface area contributed by atoms with Gasteiger partial charge in [0.2, 0.25) is 0 Å². The van der Waals surface area contributed by atoms with E-state index < -0.39 is 5.92 Å². The highest BCUT2D eigenvalue weighted by molar-refractivity contribution is 6.06. The summed E-state index contributed by atoms with van der Waals surface area (Å²) in [6, 6.07) is 16.8. The molecule has 2 aromatic rings. The zero-order chi connectivity index (χ0) is 16.1. The summed E-state index contributed by atoms with van der Waals surface area (Å²) in [6.07, 6.45) is 5.14. The molecule has 0 N–H and O–H groups in total. The first-order chi connectivity index (χ1) is 11.2. The number of nitrogens with zero attached hydrogens (tertiary/aromatic N) is 1. The third-order valence-electron chi connectivity index (χ3n) is 4.37. The fourth-order valence-corrected chi connectivity index (χ4v) is 3.11. The third-order valence-corrected chi connectivity index (χ3v) is 4.37. The van der Waals surface area contributed by atoms with Gasteiger partial charge in [0.1, 0.15) is 5.71 Å². The summed E-state index contributed by atoms with van der Waals surface area (Å²) in [4.78, 5) is 4.52. The van der Waals surface area contributed by atoms with Gasteiger partial charge in [0, 0.05) is 11.1 Å². The second kappa shape index (κ2) is 7.03. The minimum atomic E-state index is -3.08. The highest BCUT2D eigenvalue weighted by atomic mass is 19.3. The molecule has 0 atom stereocenters. The molecule has 0 saturated heterocycles. The van der Waals surface area contributed by atoms with Crippen LogP contribution in [0.1, 0.15) is 43.2 Å². The second-order valence-electron chi connectivity index (χ2n) is 6.08. The molecule has 1 saturated carbocycles. The summed E-state index contributed by atoms with van der Waals surface area (Å²) in [6.45, 7) is 0. The Bertz CT molecular complexity index is 644. The topological polar surface area (TPSA) is 12.4 Å². The number of aliphatic imine (C=N–C) groups is 1. The van der Waals surface area contributed by atoms with Crippen LogP contribution >= 0.6 is 0 Å². The SMILES string of the molecule is FC(F)(C(=NC1CCCCC1)c1ccccc1)c1ccccc1. The van der Waals surface area contributed by atoms with E-state index in [9.17, 15) is 0 Å². The lowest BCUT2D eigenvalue weighted by Gasteiger charge is -2.24. The largest absolute Gasteiger partial charge is 0.315 e.